The molecule has 0 saturated heterocycles. The minimum absolute atomic E-state index is 0.182. The number of pyridine rings is 1. The van der Waals surface area contributed by atoms with Crippen molar-refractivity contribution >= 4 is 27.4 Å². The molecule has 6 heteroatoms. The second kappa shape index (κ2) is 4.22. The van der Waals surface area contributed by atoms with Crippen LogP contribution in [0.5, 0.6) is 0 Å². The van der Waals surface area contributed by atoms with E-state index in [-0.39, 0.29) is 11.2 Å². The van der Waals surface area contributed by atoms with Gasteiger partial charge in [0.25, 0.3) is 0 Å². The molecule has 0 aliphatic carbocycles. The fourth-order valence-electron chi connectivity index (χ4n) is 1.12. The highest BCUT2D eigenvalue weighted by Crippen LogP contribution is 2.25. The summed E-state index contributed by atoms with van der Waals surface area (Å²) in [5.74, 6) is 0.250. The van der Waals surface area contributed by atoms with Crippen LogP contribution in [0.1, 0.15) is 26.5 Å². The Labute approximate surface area is 101 Å². The van der Waals surface area contributed by atoms with Gasteiger partial charge in [0.2, 0.25) is 10.0 Å². The average molecular weight is 263 g/mol. The molecule has 1 heterocycles. The Morgan fingerprint density at radius 3 is 2.31 bits per heavy atom. The Bertz CT molecular complexity index is 492. The van der Waals surface area contributed by atoms with E-state index < -0.39 is 10.0 Å². The van der Waals surface area contributed by atoms with E-state index in [1.165, 1.54) is 6.07 Å². The van der Waals surface area contributed by atoms with Crippen molar-refractivity contribution in [3.8, 4) is 0 Å². The largest absolute Gasteiger partial charge is 0.268 e. The summed E-state index contributed by atoms with van der Waals surface area (Å²) in [6.45, 7) is 5.95. The van der Waals surface area contributed by atoms with Gasteiger partial charge < -0.3 is 0 Å². The van der Waals surface area contributed by atoms with Crippen LogP contribution in [0.4, 0.5) is 5.82 Å². The van der Waals surface area contributed by atoms with Crippen LogP contribution in [-0.2, 0) is 15.4 Å². The van der Waals surface area contributed by atoms with E-state index in [2.05, 4.69) is 9.71 Å². The third-order valence-electron chi connectivity index (χ3n) is 1.85. The van der Waals surface area contributed by atoms with E-state index in [1.807, 2.05) is 20.8 Å². The number of halogens is 1. The zero-order chi connectivity index (χ0) is 12.6. The molecular formula is C10H15ClN2O2S. The molecule has 1 rings (SSSR count). The molecular weight excluding hydrogens is 248 g/mol. The lowest BCUT2D eigenvalue weighted by atomic mass is 9.92. The van der Waals surface area contributed by atoms with Gasteiger partial charge in [0.1, 0.15) is 5.82 Å². The number of nitrogens with zero attached hydrogens (tertiary/aromatic N) is 1. The molecule has 0 bridgehead atoms. The normalized spacial score (nSPS) is 12.6. The van der Waals surface area contributed by atoms with Gasteiger partial charge in [-0.15, -0.1) is 0 Å². The molecule has 16 heavy (non-hydrogen) atoms. The van der Waals surface area contributed by atoms with Gasteiger partial charge >= 0.3 is 0 Å². The number of anilines is 1. The maximum atomic E-state index is 11.1. The summed E-state index contributed by atoms with van der Waals surface area (Å²) in [4.78, 5) is 4.22. The van der Waals surface area contributed by atoms with Crippen molar-refractivity contribution in [1.29, 1.82) is 0 Å². The van der Waals surface area contributed by atoms with Crippen LogP contribution >= 0.6 is 11.6 Å². The Balaban J connectivity index is 3.19. The SMILES string of the molecule is CC(C)(C)c1cc(Cl)cc(NS(C)(=O)=O)n1. The van der Waals surface area contributed by atoms with Gasteiger partial charge in [-0.3, -0.25) is 4.72 Å². The summed E-state index contributed by atoms with van der Waals surface area (Å²) in [6, 6.07) is 3.22. The van der Waals surface area contributed by atoms with Gasteiger partial charge in [-0.2, -0.15) is 0 Å². The van der Waals surface area contributed by atoms with Gasteiger partial charge in [-0.25, -0.2) is 13.4 Å². The monoisotopic (exact) mass is 262 g/mol. The first-order chi connectivity index (χ1) is 7.08. The fourth-order valence-corrected chi connectivity index (χ4v) is 1.81. The van der Waals surface area contributed by atoms with Crippen LogP contribution < -0.4 is 4.72 Å². The lowest BCUT2D eigenvalue weighted by Crippen LogP contribution is -2.16. The van der Waals surface area contributed by atoms with Crippen molar-refractivity contribution in [3.05, 3.63) is 22.8 Å². The zero-order valence-corrected chi connectivity index (χ0v) is 11.3. The van der Waals surface area contributed by atoms with Gasteiger partial charge in [0.05, 0.1) is 6.26 Å². The molecule has 0 fully saturated rings. The van der Waals surface area contributed by atoms with Crippen molar-refractivity contribution in [2.75, 3.05) is 11.0 Å². The summed E-state index contributed by atoms with van der Waals surface area (Å²) in [5.41, 5.74) is 0.560. The van der Waals surface area contributed by atoms with Crippen LogP contribution in [0.2, 0.25) is 5.02 Å². The number of sulfonamides is 1. The van der Waals surface area contributed by atoms with E-state index in [0.29, 0.717) is 5.02 Å². The Morgan fingerprint density at radius 2 is 1.88 bits per heavy atom. The first-order valence-corrected chi connectivity index (χ1v) is 7.01. The molecule has 1 aromatic rings. The highest BCUT2D eigenvalue weighted by molar-refractivity contribution is 7.92. The number of hydrogen-bond acceptors (Lipinski definition) is 3. The van der Waals surface area contributed by atoms with Crippen LogP contribution in [0, 0.1) is 0 Å². The summed E-state index contributed by atoms with van der Waals surface area (Å²) >= 11 is 5.91. The zero-order valence-electron chi connectivity index (χ0n) is 9.70. The van der Waals surface area contributed by atoms with E-state index in [1.54, 1.807) is 6.07 Å². The number of nitrogens with one attached hydrogen (secondary N) is 1. The first kappa shape index (κ1) is 13.3. The molecule has 0 radical (unpaired) electrons. The first-order valence-electron chi connectivity index (χ1n) is 4.74. The predicted octanol–water partition coefficient (Wildman–Crippen LogP) is 2.40. The van der Waals surface area contributed by atoms with E-state index in [0.717, 1.165) is 11.9 Å². The molecule has 1 aromatic heterocycles. The van der Waals surface area contributed by atoms with Crippen LogP contribution in [0.25, 0.3) is 0 Å². The number of hydrogen-bond donors (Lipinski definition) is 1. The lowest BCUT2D eigenvalue weighted by Gasteiger charge is -2.18. The minimum atomic E-state index is -3.33. The second-order valence-electron chi connectivity index (χ2n) is 4.68. The standard InChI is InChI=1S/C10H15ClN2O2S/c1-10(2,3)8-5-7(11)6-9(12-8)13-16(4,14)15/h5-6H,1-4H3,(H,12,13). The van der Waals surface area contributed by atoms with E-state index >= 15 is 0 Å². The maximum absolute atomic E-state index is 11.1. The number of rotatable bonds is 2. The molecule has 0 spiro atoms. The third-order valence-corrected chi connectivity index (χ3v) is 2.65. The molecule has 0 aliphatic heterocycles. The summed E-state index contributed by atoms with van der Waals surface area (Å²) in [7, 11) is -3.33. The maximum Gasteiger partial charge on any atom is 0.230 e. The topological polar surface area (TPSA) is 59.1 Å². The quantitative estimate of drug-likeness (QED) is 0.890. The highest BCUT2D eigenvalue weighted by Gasteiger charge is 2.17. The van der Waals surface area contributed by atoms with Crippen molar-refractivity contribution in [2.45, 2.75) is 26.2 Å². The average Bonchev–Trinajstić information content (AvgIpc) is 1.97. The lowest BCUT2D eigenvalue weighted by molar-refractivity contribution is 0.569. The molecule has 0 aliphatic rings. The van der Waals surface area contributed by atoms with Crippen molar-refractivity contribution in [2.24, 2.45) is 0 Å². The molecule has 1 N–H and O–H groups in total. The summed E-state index contributed by atoms with van der Waals surface area (Å²) < 4.78 is 24.5. The Kier molecular flexibility index (Phi) is 3.50. The van der Waals surface area contributed by atoms with Crippen molar-refractivity contribution < 1.29 is 8.42 Å². The summed E-state index contributed by atoms with van der Waals surface area (Å²) in [5, 5.41) is 0.464. The summed E-state index contributed by atoms with van der Waals surface area (Å²) in [6.07, 6.45) is 1.08. The van der Waals surface area contributed by atoms with Gasteiger partial charge in [-0.1, -0.05) is 32.4 Å². The molecule has 90 valence electrons. The predicted molar refractivity (Wildman–Crippen MR) is 66.4 cm³/mol. The van der Waals surface area contributed by atoms with Crippen LogP contribution in [-0.4, -0.2) is 19.7 Å². The molecule has 0 saturated carbocycles. The van der Waals surface area contributed by atoms with Crippen molar-refractivity contribution in [3.63, 3.8) is 0 Å². The Hall–Kier alpha value is -0.810. The number of aromatic nitrogens is 1. The van der Waals surface area contributed by atoms with E-state index in [9.17, 15) is 8.42 Å². The molecule has 4 nitrogen and oxygen atoms in total. The van der Waals surface area contributed by atoms with Crippen LogP contribution in [0.15, 0.2) is 12.1 Å². The van der Waals surface area contributed by atoms with Gasteiger partial charge in [0.15, 0.2) is 0 Å². The molecule has 0 aromatic carbocycles. The fraction of sp³-hybridized carbons (Fsp3) is 0.500. The van der Waals surface area contributed by atoms with E-state index in [4.69, 9.17) is 11.6 Å². The van der Waals surface area contributed by atoms with Crippen molar-refractivity contribution in [1.82, 2.24) is 4.98 Å². The molecule has 0 atom stereocenters. The molecule has 0 unspecified atom stereocenters. The third kappa shape index (κ3) is 3.98. The van der Waals surface area contributed by atoms with Gasteiger partial charge in [0, 0.05) is 22.2 Å². The highest BCUT2D eigenvalue weighted by atomic mass is 35.5. The van der Waals surface area contributed by atoms with Gasteiger partial charge in [-0.05, 0) is 6.07 Å². The minimum Gasteiger partial charge on any atom is -0.268 e. The smallest absolute Gasteiger partial charge is 0.230 e. The Morgan fingerprint density at radius 1 is 1.31 bits per heavy atom. The molecule has 0 amide bonds. The second-order valence-corrected chi connectivity index (χ2v) is 6.86. The van der Waals surface area contributed by atoms with Crippen LogP contribution in [0.3, 0.4) is 0 Å².